The van der Waals surface area contributed by atoms with Crippen molar-refractivity contribution < 1.29 is 61.0 Å². The van der Waals surface area contributed by atoms with Gasteiger partial charge in [0.15, 0.2) is 23.3 Å². The molecule has 33 heavy (non-hydrogen) atoms. The minimum atomic E-state index is -2.15. The van der Waals surface area contributed by atoms with Crippen LogP contribution in [0.15, 0.2) is 48.5 Å². The van der Waals surface area contributed by atoms with E-state index in [0.717, 1.165) is 0 Å². The molecule has 0 saturated carbocycles. The van der Waals surface area contributed by atoms with Crippen molar-refractivity contribution in [1.29, 1.82) is 0 Å². The Balaban J connectivity index is 0.000000227. The molecule has 0 nitrogen and oxygen atoms in total. The summed E-state index contributed by atoms with van der Waals surface area (Å²) in [7, 11) is 0. The summed E-state index contributed by atoms with van der Waals surface area (Å²) in [6.07, 6.45) is 0. The zero-order valence-electron chi connectivity index (χ0n) is 15.8. The van der Waals surface area contributed by atoms with Crippen molar-refractivity contribution in [3.8, 4) is 22.3 Å². The van der Waals surface area contributed by atoms with Gasteiger partial charge in [0.2, 0.25) is 0 Å². The molecular formula is C22H8F10Fe-6. The van der Waals surface area contributed by atoms with Crippen LogP contribution in [0, 0.1) is 58.2 Å². The van der Waals surface area contributed by atoms with Gasteiger partial charge in [-0.25, -0.2) is 35.1 Å². The first kappa shape index (κ1) is 26.2. The van der Waals surface area contributed by atoms with Crippen molar-refractivity contribution in [3.63, 3.8) is 0 Å². The number of hydrogen-bond acceptors (Lipinski definition) is 0. The van der Waals surface area contributed by atoms with Crippen molar-refractivity contribution in [2.75, 3.05) is 0 Å². The molecule has 0 radical (unpaired) electrons. The van der Waals surface area contributed by atoms with Crippen molar-refractivity contribution in [3.05, 3.63) is 107 Å². The molecule has 0 atom stereocenters. The number of halogens is 10. The Morgan fingerprint density at radius 2 is 0.758 bits per heavy atom. The minimum Gasteiger partial charge on any atom is -0.637 e. The van der Waals surface area contributed by atoms with Gasteiger partial charge in [-0.2, -0.15) is 23.8 Å². The Morgan fingerprint density at radius 1 is 0.455 bits per heavy atom. The van der Waals surface area contributed by atoms with Gasteiger partial charge in [0.05, 0.1) is 11.6 Å². The summed E-state index contributed by atoms with van der Waals surface area (Å²) in [6.45, 7) is 0. The molecule has 0 spiro atoms. The Kier molecular flexibility index (Phi) is 8.15. The second kappa shape index (κ2) is 10.3. The third-order valence-corrected chi connectivity index (χ3v) is 4.32. The number of rotatable bonds is 2. The average Bonchev–Trinajstić information content (AvgIpc) is 3.49. The van der Waals surface area contributed by atoms with E-state index >= 15 is 0 Å². The van der Waals surface area contributed by atoms with E-state index in [1.165, 1.54) is 48.5 Å². The fourth-order valence-electron chi connectivity index (χ4n) is 2.80. The molecule has 4 aromatic rings. The van der Waals surface area contributed by atoms with Crippen LogP contribution in [0.5, 0.6) is 0 Å². The van der Waals surface area contributed by atoms with Gasteiger partial charge in [-0.1, -0.05) is 5.56 Å². The molecule has 0 saturated heterocycles. The first-order valence-electron chi connectivity index (χ1n) is 8.54. The van der Waals surface area contributed by atoms with Crippen LogP contribution >= 0.6 is 0 Å². The van der Waals surface area contributed by atoms with Gasteiger partial charge in [-0.15, -0.1) is 12.1 Å². The van der Waals surface area contributed by atoms with Gasteiger partial charge in [0.25, 0.3) is 0 Å². The van der Waals surface area contributed by atoms with Crippen LogP contribution in [-0.2, 0) is 17.1 Å². The van der Waals surface area contributed by atoms with E-state index in [1.54, 1.807) is 0 Å². The Bertz CT molecular complexity index is 1100. The summed E-state index contributed by atoms with van der Waals surface area (Å²) in [5, 5.41) is 0. The van der Waals surface area contributed by atoms with Gasteiger partial charge in [-0.3, -0.25) is 0 Å². The monoisotopic (exact) mass is 518 g/mol. The maximum Gasteiger partial charge on any atom is 0.185 e. The van der Waals surface area contributed by atoms with Crippen molar-refractivity contribution in [2.45, 2.75) is 0 Å². The number of benzene rings is 2. The molecule has 0 fully saturated rings. The second-order valence-electron chi connectivity index (χ2n) is 6.24. The van der Waals surface area contributed by atoms with Crippen LogP contribution < -0.4 is 0 Å². The summed E-state index contributed by atoms with van der Waals surface area (Å²) in [5.74, 6) is -19.3. The van der Waals surface area contributed by atoms with E-state index in [4.69, 9.17) is 0 Å². The van der Waals surface area contributed by atoms with Crippen LogP contribution in [-0.4, -0.2) is 0 Å². The quantitative estimate of drug-likeness (QED) is 0.0847. The van der Waals surface area contributed by atoms with E-state index in [9.17, 15) is 43.9 Å². The van der Waals surface area contributed by atoms with Crippen LogP contribution in [0.2, 0.25) is 0 Å². The molecule has 0 aliphatic rings. The SMILES string of the molecule is Fc1c(F)c(F)c(-[c-]2[cH-][cH-][cH-][cH-]2)c(F)c1F.Fc1c(F)c(F)c(-[c-]2cccc2)c(F)c1F.[Fe]. The zero-order chi connectivity index (χ0) is 23.7. The molecule has 4 rings (SSSR count). The molecular weight excluding hydrogens is 510 g/mol. The maximum absolute atomic E-state index is 13.2. The summed E-state index contributed by atoms with van der Waals surface area (Å²) < 4.78 is 130. The zero-order valence-corrected chi connectivity index (χ0v) is 16.9. The molecule has 0 bridgehead atoms. The van der Waals surface area contributed by atoms with E-state index < -0.39 is 69.3 Å². The molecule has 0 aromatic heterocycles. The molecule has 180 valence electrons. The second-order valence-corrected chi connectivity index (χ2v) is 6.24. The third kappa shape index (κ3) is 4.69. The van der Waals surface area contributed by atoms with E-state index in [0.29, 0.717) is 0 Å². The van der Waals surface area contributed by atoms with Crippen molar-refractivity contribution in [1.82, 2.24) is 0 Å². The van der Waals surface area contributed by atoms with Gasteiger partial charge in [0.1, 0.15) is 11.6 Å². The molecule has 11 heteroatoms. The fraction of sp³-hybridized carbons (Fsp3) is 0. The van der Waals surface area contributed by atoms with Crippen molar-refractivity contribution >= 4 is 0 Å². The van der Waals surface area contributed by atoms with Crippen LogP contribution in [0.3, 0.4) is 0 Å². The molecule has 0 aliphatic carbocycles. The summed E-state index contributed by atoms with van der Waals surface area (Å²) >= 11 is 0. The standard InChI is InChI=1S/2C11H4F5.Fe/c2*12-7-6(5-3-1-2-4-5)8(13)10(15)11(16)9(7)14;/h2*1-4H;/q-5;-1;. The molecule has 0 unspecified atom stereocenters. The predicted molar refractivity (Wildman–Crippen MR) is 94.5 cm³/mol. The fourth-order valence-corrected chi connectivity index (χ4v) is 2.80. The normalized spacial score (nSPS) is 10.5. The molecule has 0 amide bonds. The maximum atomic E-state index is 13.2. The molecule has 0 aliphatic heterocycles. The molecule has 4 aromatic carbocycles. The van der Waals surface area contributed by atoms with Crippen LogP contribution in [0.1, 0.15) is 0 Å². The van der Waals surface area contributed by atoms with Crippen LogP contribution in [0.4, 0.5) is 43.9 Å². The van der Waals surface area contributed by atoms with Gasteiger partial charge < -0.3 is 44.2 Å². The largest absolute Gasteiger partial charge is 0.637 e. The first-order chi connectivity index (χ1) is 15.1. The summed E-state index contributed by atoms with van der Waals surface area (Å²) in [6, 6.07) is 10.8. The van der Waals surface area contributed by atoms with Crippen molar-refractivity contribution in [2.24, 2.45) is 0 Å². The van der Waals surface area contributed by atoms with E-state index in [1.807, 2.05) is 0 Å². The molecule has 0 N–H and O–H groups in total. The summed E-state index contributed by atoms with van der Waals surface area (Å²) in [5.41, 5.74) is -1.90. The summed E-state index contributed by atoms with van der Waals surface area (Å²) in [4.78, 5) is 0. The average molecular weight is 518 g/mol. The first-order valence-corrected chi connectivity index (χ1v) is 8.54. The topological polar surface area (TPSA) is 0 Å². The third-order valence-electron chi connectivity index (χ3n) is 4.32. The molecule has 0 heterocycles. The smallest absolute Gasteiger partial charge is 0.185 e. The minimum absolute atomic E-state index is 0. The predicted octanol–water partition coefficient (Wildman–Crippen LogP) is 7.53. The van der Waals surface area contributed by atoms with Crippen LogP contribution in [0.25, 0.3) is 22.3 Å². The Hall–Kier alpha value is -3.04. The Labute approximate surface area is 190 Å². The van der Waals surface area contributed by atoms with Gasteiger partial charge in [-0.05, 0) is 5.56 Å². The Morgan fingerprint density at radius 3 is 1.12 bits per heavy atom. The van der Waals surface area contributed by atoms with Gasteiger partial charge in [0, 0.05) is 17.1 Å². The van der Waals surface area contributed by atoms with E-state index in [2.05, 4.69) is 0 Å². The van der Waals surface area contributed by atoms with E-state index in [-0.39, 0.29) is 28.2 Å². The number of hydrogen-bond donors (Lipinski definition) is 0. The van der Waals surface area contributed by atoms with Gasteiger partial charge >= 0.3 is 0 Å².